The fourth-order valence-electron chi connectivity index (χ4n) is 1.96. The molecule has 26 heavy (non-hydrogen) atoms. The van der Waals surface area contributed by atoms with Crippen LogP contribution < -0.4 is 10.9 Å². The molecule has 1 heterocycles. The second-order valence-electron chi connectivity index (χ2n) is 4.95. The summed E-state index contributed by atoms with van der Waals surface area (Å²) in [7, 11) is 0. The number of aromatic amines is 1. The highest BCUT2D eigenvalue weighted by molar-refractivity contribution is 9.10. The lowest BCUT2D eigenvalue weighted by molar-refractivity contribution is -0.137. The number of hydrogen-bond donors (Lipinski definition) is 4. The molecule has 1 aromatic carbocycles. The minimum Gasteiger partial charge on any atom is -0.494 e. The van der Waals surface area contributed by atoms with Crippen LogP contribution in [0.5, 0.6) is 5.88 Å². The number of aliphatic carboxylic acids is 1. The van der Waals surface area contributed by atoms with Crippen LogP contribution in [0.4, 0.5) is 0 Å². The monoisotopic (exact) mass is 440 g/mol. The molecule has 9 nitrogen and oxygen atoms in total. The number of aromatic hydroxyl groups is 1. The molecule has 0 unspecified atom stereocenters. The zero-order valence-corrected chi connectivity index (χ0v) is 15.5. The number of amides is 1. The summed E-state index contributed by atoms with van der Waals surface area (Å²) in [5.41, 5.74) is -0.356. The van der Waals surface area contributed by atoms with E-state index in [0.717, 1.165) is 10.7 Å². The van der Waals surface area contributed by atoms with E-state index >= 15 is 0 Å². The van der Waals surface area contributed by atoms with Crippen molar-refractivity contribution >= 4 is 46.2 Å². The molecule has 0 saturated heterocycles. The Balaban J connectivity index is 2.33. The van der Waals surface area contributed by atoms with Gasteiger partial charge in [0.1, 0.15) is 18.7 Å². The standard InChI is InChI=1S/C15H13BrN4O5S/c16-8-2-1-3-9(4-8)20-14(25)10(13(24)19-15(20)26)5-17-6-11(21)18-7-12(22)23/h1-5,25H,6-7H2,(H,18,21)(H,22,23)(H,19,24,26). The molecule has 4 N–H and O–H groups in total. The van der Waals surface area contributed by atoms with E-state index in [1.807, 2.05) is 0 Å². The highest BCUT2D eigenvalue weighted by atomic mass is 79.9. The van der Waals surface area contributed by atoms with Crippen molar-refractivity contribution in [3.05, 3.63) is 49.4 Å². The Hall–Kier alpha value is -2.79. The summed E-state index contributed by atoms with van der Waals surface area (Å²) < 4.78 is 1.97. The van der Waals surface area contributed by atoms with Crippen molar-refractivity contribution < 1.29 is 19.8 Å². The van der Waals surface area contributed by atoms with E-state index < -0.39 is 36.4 Å². The lowest BCUT2D eigenvalue weighted by Gasteiger charge is -2.11. The number of carbonyl (C=O) groups excluding carboxylic acids is 1. The van der Waals surface area contributed by atoms with E-state index in [4.69, 9.17) is 17.3 Å². The van der Waals surface area contributed by atoms with Crippen LogP contribution >= 0.6 is 28.1 Å². The van der Waals surface area contributed by atoms with Crippen LogP contribution in [0.1, 0.15) is 5.56 Å². The van der Waals surface area contributed by atoms with Gasteiger partial charge in [-0.25, -0.2) is 0 Å². The first-order valence-corrected chi connectivity index (χ1v) is 8.32. The van der Waals surface area contributed by atoms with Gasteiger partial charge in [-0.2, -0.15) is 0 Å². The molecular formula is C15H13BrN4O5S. The quantitative estimate of drug-likeness (QED) is 0.390. The minimum atomic E-state index is -1.19. The Morgan fingerprint density at radius 1 is 1.42 bits per heavy atom. The molecular weight excluding hydrogens is 428 g/mol. The molecule has 0 aliphatic heterocycles. The van der Waals surface area contributed by atoms with E-state index in [0.29, 0.717) is 5.69 Å². The van der Waals surface area contributed by atoms with Gasteiger partial charge in [0.25, 0.3) is 5.56 Å². The fraction of sp³-hybridized carbons (Fsp3) is 0.133. The predicted molar refractivity (Wildman–Crippen MR) is 99.7 cm³/mol. The summed E-state index contributed by atoms with van der Waals surface area (Å²) >= 11 is 8.40. The molecule has 0 radical (unpaired) electrons. The third-order valence-corrected chi connectivity index (χ3v) is 3.86. The van der Waals surface area contributed by atoms with Crippen molar-refractivity contribution in [3.8, 4) is 11.6 Å². The number of aromatic nitrogens is 2. The Morgan fingerprint density at radius 3 is 2.81 bits per heavy atom. The molecule has 2 rings (SSSR count). The third-order valence-electron chi connectivity index (χ3n) is 3.08. The van der Waals surface area contributed by atoms with Gasteiger partial charge in [0.2, 0.25) is 11.8 Å². The molecule has 0 atom stereocenters. The van der Waals surface area contributed by atoms with Gasteiger partial charge in [0.15, 0.2) is 4.77 Å². The molecule has 0 spiro atoms. The van der Waals surface area contributed by atoms with Crippen molar-refractivity contribution in [3.63, 3.8) is 0 Å². The molecule has 1 amide bonds. The van der Waals surface area contributed by atoms with E-state index in [-0.39, 0.29) is 10.3 Å². The number of benzene rings is 1. The number of halogens is 1. The van der Waals surface area contributed by atoms with Crippen molar-refractivity contribution in [2.75, 3.05) is 13.1 Å². The summed E-state index contributed by atoms with van der Waals surface area (Å²) in [5, 5.41) is 21.0. The van der Waals surface area contributed by atoms with E-state index in [1.165, 1.54) is 4.57 Å². The minimum absolute atomic E-state index is 0.0121. The normalized spacial score (nSPS) is 10.8. The van der Waals surface area contributed by atoms with Gasteiger partial charge >= 0.3 is 5.97 Å². The van der Waals surface area contributed by atoms with Crippen LogP contribution in [-0.4, -0.2) is 50.9 Å². The summed E-state index contributed by atoms with van der Waals surface area (Å²) in [6.45, 7) is -0.938. The molecule has 0 aliphatic rings. The molecule has 0 aliphatic carbocycles. The number of aliphatic imine (C=N–C) groups is 1. The first kappa shape index (κ1) is 19.5. The molecule has 0 fully saturated rings. The molecule has 136 valence electrons. The number of nitrogens with one attached hydrogen (secondary N) is 2. The van der Waals surface area contributed by atoms with Gasteiger partial charge in [-0.15, -0.1) is 0 Å². The van der Waals surface area contributed by atoms with Gasteiger partial charge in [-0.05, 0) is 30.4 Å². The Bertz CT molecular complexity index is 998. The van der Waals surface area contributed by atoms with Crippen molar-refractivity contribution in [1.29, 1.82) is 0 Å². The maximum atomic E-state index is 12.0. The van der Waals surface area contributed by atoms with Gasteiger partial charge in [0.05, 0.1) is 5.69 Å². The maximum absolute atomic E-state index is 12.0. The Labute approximate surface area is 160 Å². The highest BCUT2D eigenvalue weighted by Crippen LogP contribution is 2.21. The summed E-state index contributed by atoms with van der Waals surface area (Å²) in [4.78, 5) is 40.0. The number of carbonyl (C=O) groups is 2. The number of rotatable bonds is 6. The van der Waals surface area contributed by atoms with Crippen LogP contribution in [0.25, 0.3) is 5.69 Å². The van der Waals surface area contributed by atoms with E-state index in [2.05, 4.69) is 31.2 Å². The van der Waals surface area contributed by atoms with Crippen LogP contribution in [0, 0.1) is 4.77 Å². The average Bonchev–Trinajstić information content (AvgIpc) is 2.55. The lowest BCUT2D eigenvalue weighted by Crippen LogP contribution is -2.31. The SMILES string of the molecule is O=C(O)CNC(=O)CN=Cc1c(O)n(-c2cccc(Br)c2)c(=S)[nH]c1=O. The number of nitrogens with zero attached hydrogens (tertiary/aromatic N) is 2. The van der Waals surface area contributed by atoms with Crippen LogP contribution in [-0.2, 0) is 9.59 Å². The highest BCUT2D eigenvalue weighted by Gasteiger charge is 2.13. The molecule has 0 bridgehead atoms. The molecule has 0 saturated carbocycles. The third kappa shape index (κ3) is 4.86. The van der Waals surface area contributed by atoms with Gasteiger partial charge in [-0.3, -0.25) is 28.9 Å². The van der Waals surface area contributed by atoms with E-state index in [9.17, 15) is 19.5 Å². The smallest absolute Gasteiger partial charge is 0.322 e. The maximum Gasteiger partial charge on any atom is 0.322 e. The number of H-pyrrole nitrogens is 1. The molecule has 11 heteroatoms. The van der Waals surface area contributed by atoms with Crippen molar-refractivity contribution in [2.45, 2.75) is 0 Å². The summed E-state index contributed by atoms with van der Waals surface area (Å²) in [6.07, 6.45) is 1.03. The lowest BCUT2D eigenvalue weighted by atomic mass is 10.3. The number of hydrogen-bond acceptors (Lipinski definition) is 6. The molecule has 1 aromatic heterocycles. The average molecular weight is 441 g/mol. The van der Waals surface area contributed by atoms with Crippen LogP contribution in [0.15, 0.2) is 38.5 Å². The summed E-state index contributed by atoms with van der Waals surface area (Å²) in [6, 6.07) is 6.88. The second kappa shape index (κ2) is 8.54. The second-order valence-corrected chi connectivity index (χ2v) is 6.25. The van der Waals surface area contributed by atoms with Crippen LogP contribution in [0.2, 0.25) is 0 Å². The Morgan fingerprint density at radius 2 is 2.15 bits per heavy atom. The topological polar surface area (TPSA) is 137 Å². The van der Waals surface area contributed by atoms with Gasteiger partial charge in [0, 0.05) is 10.7 Å². The fourth-order valence-corrected chi connectivity index (χ4v) is 2.63. The first-order chi connectivity index (χ1) is 12.3. The van der Waals surface area contributed by atoms with Crippen LogP contribution in [0.3, 0.4) is 0 Å². The van der Waals surface area contributed by atoms with Crippen molar-refractivity contribution in [1.82, 2.24) is 14.9 Å². The van der Waals surface area contributed by atoms with E-state index in [1.54, 1.807) is 24.3 Å². The number of carboxylic acid groups (broad SMARTS) is 1. The van der Waals surface area contributed by atoms with Gasteiger partial charge in [-0.1, -0.05) is 22.0 Å². The zero-order valence-electron chi connectivity index (χ0n) is 13.1. The van der Waals surface area contributed by atoms with Gasteiger partial charge < -0.3 is 15.5 Å². The zero-order chi connectivity index (χ0) is 19.3. The number of carboxylic acids is 1. The molecule has 2 aromatic rings. The largest absolute Gasteiger partial charge is 0.494 e. The Kier molecular flexibility index (Phi) is 6.41. The summed E-state index contributed by atoms with van der Waals surface area (Å²) in [5.74, 6) is -2.27. The van der Waals surface area contributed by atoms with Crippen molar-refractivity contribution in [2.24, 2.45) is 4.99 Å². The predicted octanol–water partition coefficient (Wildman–Crippen LogP) is 0.983. The first-order valence-electron chi connectivity index (χ1n) is 7.12.